The molecule has 0 N–H and O–H groups in total. The first-order valence-corrected chi connectivity index (χ1v) is 14.3. The fraction of sp³-hybridized carbons (Fsp3) is 0.933. The number of ketones is 1. The van der Waals surface area contributed by atoms with Crippen molar-refractivity contribution in [3.8, 4) is 0 Å². The molecule has 0 aromatic heterocycles. The molecule has 7 fully saturated rings. The predicted molar refractivity (Wildman–Crippen MR) is 129 cm³/mol. The number of hydrogen-bond acceptors (Lipinski definition) is 4. The minimum absolute atomic E-state index is 0.0588. The van der Waals surface area contributed by atoms with Gasteiger partial charge in [-0.15, -0.1) is 0 Å². The molecule has 4 heteroatoms. The second-order valence-electron chi connectivity index (χ2n) is 15.1. The highest BCUT2D eigenvalue weighted by molar-refractivity contribution is 5.86. The predicted octanol–water partition coefficient (Wildman–Crippen LogP) is 6.45. The maximum atomic E-state index is 12.9. The van der Waals surface area contributed by atoms with Gasteiger partial charge in [-0.3, -0.25) is 9.59 Å². The monoisotopic (exact) mass is 468 g/mol. The fourth-order valence-electron chi connectivity index (χ4n) is 12.3. The molecular formula is C30H44O4. The molecule has 5 saturated carbocycles. The van der Waals surface area contributed by atoms with E-state index in [9.17, 15) is 9.59 Å². The van der Waals surface area contributed by atoms with Crippen molar-refractivity contribution in [2.45, 2.75) is 124 Å². The van der Waals surface area contributed by atoms with Crippen LogP contribution >= 0.6 is 0 Å². The van der Waals surface area contributed by atoms with Gasteiger partial charge in [0, 0.05) is 30.1 Å². The maximum Gasteiger partial charge on any atom is 0.311 e. The van der Waals surface area contributed by atoms with Crippen LogP contribution in [0, 0.1) is 50.7 Å². The second-order valence-corrected chi connectivity index (χ2v) is 15.1. The van der Waals surface area contributed by atoms with Crippen LogP contribution in [0.1, 0.15) is 112 Å². The summed E-state index contributed by atoms with van der Waals surface area (Å²) in [5.41, 5.74) is 0.875. The number of ether oxygens (including phenoxy) is 2. The molecule has 5 aliphatic carbocycles. The number of fused-ring (bicyclic) bond motifs is 3. The molecule has 4 nitrogen and oxygen atoms in total. The minimum atomic E-state index is -0.689. The van der Waals surface area contributed by atoms with Crippen LogP contribution < -0.4 is 0 Å². The molecule has 2 saturated heterocycles. The zero-order valence-corrected chi connectivity index (χ0v) is 22.2. The average molecular weight is 469 g/mol. The van der Waals surface area contributed by atoms with Crippen LogP contribution in [0.3, 0.4) is 0 Å². The Labute approximate surface area is 205 Å². The van der Waals surface area contributed by atoms with Crippen molar-refractivity contribution in [3.63, 3.8) is 0 Å². The summed E-state index contributed by atoms with van der Waals surface area (Å²) in [5, 5.41) is 0. The molecule has 0 aromatic rings. The van der Waals surface area contributed by atoms with Gasteiger partial charge in [0.15, 0.2) is 0 Å². The van der Waals surface area contributed by atoms with E-state index in [0.29, 0.717) is 34.9 Å². The van der Waals surface area contributed by atoms with Gasteiger partial charge in [-0.1, -0.05) is 41.5 Å². The van der Waals surface area contributed by atoms with E-state index in [1.807, 2.05) is 6.92 Å². The van der Waals surface area contributed by atoms with E-state index in [-0.39, 0.29) is 33.7 Å². The van der Waals surface area contributed by atoms with Gasteiger partial charge in [0.1, 0.15) is 5.78 Å². The van der Waals surface area contributed by atoms with E-state index < -0.39 is 5.79 Å². The minimum Gasteiger partial charge on any atom is -0.433 e. The summed E-state index contributed by atoms with van der Waals surface area (Å²) in [4.78, 5) is 25.3. The van der Waals surface area contributed by atoms with Crippen molar-refractivity contribution in [3.05, 3.63) is 0 Å². The molecule has 7 aliphatic rings. The standard InChI is InChI=1S/C30H44O4/c1-18-15-29(33-23(18)32)16-19(2)30(34-29)14-11-25(5)21-8-7-20-24(3,4)22(31)9-10-27(20)17-28(21,27)13-12-26(25,30)6/h18-21H,7-17H2,1-6H3/t18-,19-,20+,21+,25+,26+,27-,28+,29+,30+/m1/s1. The maximum absolute atomic E-state index is 12.9. The third-order valence-corrected chi connectivity index (χ3v) is 14.1. The number of hydrogen-bond donors (Lipinski definition) is 0. The zero-order valence-electron chi connectivity index (χ0n) is 22.2. The summed E-state index contributed by atoms with van der Waals surface area (Å²) in [6, 6.07) is 0. The Bertz CT molecular complexity index is 1000. The van der Waals surface area contributed by atoms with Gasteiger partial charge >= 0.3 is 5.97 Å². The third-order valence-electron chi connectivity index (χ3n) is 14.1. The summed E-state index contributed by atoms with van der Waals surface area (Å²) in [7, 11) is 0. The first-order valence-electron chi connectivity index (χ1n) is 14.3. The van der Waals surface area contributed by atoms with Crippen LogP contribution in [0.25, 0.3) is 0 Å². The van der Waals surface area contributed by atoms with Gasteiger partial charge in [0.05, 0.1) is 11.5 Å². The zero-order chi connectivity index (χ0) is 24.2. The Balaban J connectivity index is 1.26. The van der Waals surface area contributed by atoms with Crippen LogP contribution in [-0.4, -0.2) is 23.1 Å². The summed E-state index contributed by atoms with van der Waals surface area (Å²) >= 11 is 0. The largest absolute Gasteiger partial charge is 0.433 e. The van der Waals surface area contributed by atoms with Crippen molar-refractivity contribution in [2.24, 2.45) is 50.7 Å². The molecule has 34 heavy (non-hydrogen) atoms. The average Bonchev–Trinajstić information content (AvgIpc) is 3.13. The molecule has 0 radical (unpaired) electrons. The van der Waals surface area contributed by atoms with Gasteiger partial charge in [-0.25, -0.2) is 0 Å². The Morgan fingerprint density at radius 3 is 2.24 bits per heavy atom. The lowest BCUT2D eigenvalue weighted by Crippen LogP contribution is -2.61. The van der Waals surface area contributed by atoms with Crippen molar-refractivity contribution in [1.29, 1.82) is 0 Å². The van der Waals surface area contributed by atoms with Crippen molar-refractivity contribution >= 4 is 11.8 Å². The normalized spacial score (nSPS) is 61.1. The van der Waals surface area contributed by atoms with Crippen molar-refractivity contribution in [2.75, 3.05) is 0 Å². The quantitative estimate of drug-likeness (QED) is 0.383. The first-order chi connectivity index (χ1) is 15.8. The number of Topliss-reactive ketones (excluding diaryl/α,β-unsaturated/α-hetero) is 1. The van der Waals surface area contributed by atoms with Crippen molar-refractivity contribution in [1.82, 2.24) is 0 Å². The lowest BCUT2D eigenvalue weighted by molar-refractivity contribution is -0.268. The molecule has 2 heterocycles. The smallest absolute Gasteiger partial charge is 0.311 e. The highest BCUT2D eigenvalue weighted by atomic mass is 16.7. The summed E-state index contributed by atoms with van der Waals surface area (Å²) < 4.78 is 13.1. The van der Waals surface area contributed by atoms with Crippen LogP contribution in [0.15, 0.2) is 0 Å². The Kier molecular flexibility index (Phi) is 3.92. The van der Waals surface area contributed by atoms with E-state index in [4.69, 9.17) is 9.47 Å². The number of esters is 1. The van der Waals surface area contributed by atoms with E-state index in [2.05, 4.69) is 34.6 Å². The number of carbonyl (C=O) groups excluding carboxylic acids is 2. The van der Waals surface area contributed by atoms with Gasteiger partial charge in [0.25, 0.3) is 0 Å². The first kappa shape index (κ1) is 22.3. The number of carbonyl (C=O) groups is 2. The summed E-state index contributed by atoms with van der Waals surface area (Å²) in [6.07, 6.45) is 12.2. The van der Waals surface area contributed by atoms with Gasteiger partial charge in [-0.2, -0.15) is 0 Å². The highest BCUT2D eigenvalue weighted by Crippen LogP contribution is 2.89. The Morgan fingerprint density at radius 1 is 0.824 bits per heavy atom. The van der Waals surface area contributed by atoms with E-state index in [0.717, 1.165) is 31.6 Å². The molecule has 4 spiro atoms. The Morgan fingerprint density at radius 2 is 1.53 bits per heavy atom. The molecule has 0 aromatic carbocycles. The van der Waals surface area contributed by atoms with Gasteiger partial charge in [-0.05, 0) is 85.4 Å². The van der Waals surface area contributed by atoms with E-state index in [1.54, 1.807) is 0 Å². The molecule has 0 unspecified atom stereocenters. The lowest BCUT2D eigenvalue weighted by atomic mass is 9.41. The molecule has 0 amide bonds. The van der Waals surface area contributed by atoms with Crippen LogP contribution in [0.4, 0.5) is 0 Å². The van der Waals surface area contributed by atoms with Crippen molar-refractivity contribution < 1.29 is 19.1 Å². The van der Waals surface area contributed by atoms with E-state index in [1.165, 1.54) is 38.5 Å². The lowest BCUT2D eigenvalue weighted by Gasteiger charge is -2.64. The highest BCUT2D eigenvalue weighted by Gasteiger charge is 2.85. The van der Waals surface area contributed by atoms with Crippen LogP contribution in [-0.2, 0) is 19.1 Å². The Hall–Kier alpha value is -0.900. The van der Waals surface area contributed by atoms with Gasteiger partial charge < -0.3 is 9.47 Å². The molecule has 2 aliphatic heterocycles. The molecule has 188 valence electrons. The van der Waals surface area contributed by atoms with Gasteiger partial charge in [0.2, 0.25) is 5.79 Å². The third kappa shape index (κ3) is 2.09. The molecule has 0 bridgehead atoms. The fourth-order valence-corrected chi connectivity index (χ4v) is 12.3. The van der Waals surface area contributed by atoms with Crippen LogP contribution in [0.5, 0.6) is 0 Å². The molecular weight excluding hydrogens is 424 g/mol. The topological polar surface area (TPSA) is 52.6 Å². The molecule has 10 atom stereocenters. The second kappa shape index (κ2) is 5.97. The summed E-state index contributed by atoms with van der Waals surface area (Å²) in [6.45, 7) is 14.0. The SMILES string of the molecule is C[C@@H]1C[C@]2(C[C@@H](C)[C@]3(CC[C@@]4(C)[C@@H]5CC[C@H]6C(C)(C)C(=O)CC[C@@]67C[C@@]57CC[C@@]43C)O2)OC1=O. The number of rotatable bonds is 0. The van der Waals surface area contributed by atoms with E-state index >= 15 is 0 Å². The molecule has 7 rings (SSSR count). The summed E-state index contributed by atoms with van der Waals surface area (Å²) in [5.74, 6) is 1.39. The van der Waals surface area contributed by atoms with Crippen LogP contribution in [0.2, 0.25) is 0 Å².